The molecule has 0 aromatic heterocycles. The van der Waals surface area contributed by atoms with E-state index in [-0.39, 0.29) is 5.75 Å². The lowest BCUT2D eigenvalue weighted by Gasteiger charge is -2.37. The molecule has 0 N–H and O–H groups in total. The van der Waals surface area contributed by atoms with E-state index in [9.17, 15) is 21.6 Å². The van der Waals surface area contributed by atoms with Crippen molar-refractivity contribution in [2.45, 2.75) is 10.7 Å². The summed E-state index contributed by atoms with van der Waals surface area (Å²) in [6, 6.07) is 10.2. The van der Waals surface area contributed by atoms with Crippen LogP contribution in [0, 0.1) is 5.82 Å². The van der Waals surface area contributed by atoms with Crippen LogP contribution in [-0.2, 0) is 9.84 Å². The fourth-order valence-corrected chi connectivity index (χ4v) is 3.75. The summed E-state index contributed by atoms with van der Waals surface area (Å²) in [4.78, 5) is 3.66. The molecular weight excluding hydrogens is 381 g/mol. The Bertz CT molecular complexity index is 897. The van der Waals surface area contributed by atoms with Crippen LogP contribution in [0.1, 0.15) is 0 Å². The number of piperazine rings is 1. The van der Waals surface area contributed by atoms with Gasteiger partial charge in [0.1, 0.15) is 0 Å². The smallest absolute Gasteiger partial charge is 0.341 e. The Morgan fingerprint density at radius 3 is 1.93 bits per heavy atom. The lowest BCUT2D eigenvalue weighted by molar-refractivity contribution is 0.234. The van der Waals surface area contributed by atoms with Gasteiger partial charge in [0, 0.05) is 43.6 Å². The standard InChI is InChI=1S/C18H19F3N2O3S/c1-26-17-7-4-14(12-16(17)19)23-10-8-22(9-11-23)13-2-5-15(6-3-13)27(24,25)18(20)21/h2-7,12,18H,8-11H2,1H3. The summed E-state index contributed by atoms with van der Waals surface area (Å²) in [6.07, 6.45) is 0. The fourth-order valence-electron chi connectivity index (χ4n) is 3.02. The maximum Gasteiger partial charge on any atom is 0.341 e. The third-order valence-electron chi connectivity index (χ3n) is 4.55. The number of anilines is 2. The fraction of sp³-hybridized carbons (Fsp3) is 0.333. The quantitative estimate of drug-likeness (QED) is 0.772. The predicted molar refractivity (Wildman–Crippen MR) is 97.0 cm³/mol. The van der Waals surface area contributed by atoms with Crippen LogP contribution in [0.2, 0.25) is 0 Å². The van der Waals surface area contributed by atoms with Crippen LogP contribution in [0.15, 0.2) is 47.4 Å². The maximum absolute atomic E-state index is 13.9. The highest BCUT2D eigenvalue weighted by Crippen LogP contribution is 2.26. The third kappa shape index (κ3) is 3.97. The zero-order valence-corrected chi connectivity index (χ0v) is 15.4. The molecule has 0 aliphatic carbocycles. The lowest BCUT2D eigenvalue weighted by Crippen LogP contribution is -2.46. The van der Waals surface area contributed by atoms with Crippen LogP contribution in [0.5, 0.6) is 5.75 Å². The van der Waals surface area contributed by atoms with E-state index in [0.29, 0.717) is 26.2 Å². The average Bonchev–Trinajstić information content (AvgIpc) is 2.68. The number of hydrogen-bond acceptors (Lipinski definition) is 5. The van der Waals surface area contributed by atoms with Crippen LogP contribution < -0.4 is 14.5 Å². The Morgan fingerprint density at radius 1 is 0.926 bits per heavy atom. The molecule has 5 nitrogen and oxygen atoms in total. The summed E-state index contributed by atoms with van der Waals surface area (Å²) >= 11 is 0. The number of methoxy groups -OCH3 is 1. The van der Waals surface area contributed by atoms with Gasteiger partial charge in [-0.05, 0) is 36.4 Å². The van der Waals surface area contributed by atoms with Gasteiger partial charge in [-0.15, -0.1) is 0 Å². The van der Waals surface area contributed by atoms with Crippen molar-refractivity contribution >= 4 is 21.2 Å². The van der Waals surface area contributed by atoms with Crippen molar-refractivity contribution < 1.29 is 26.3 Å². The van der Waals surface area contributed by atoms with Gasteiger partial charge in [-0.2, -0.15) is 8.78 Å². The summed E-state index contributed by atoms with van der Waals surface area (Å²) in [5.74, 6) is -3.67. The first-order valence-electron chi connectivity index (χ1n) is 8.28. The molecule has 1 heterocycles. The van der Waals surface area contributed by atoms with E-state index in [1.165, 1.54) is 37.4 Å². The topological polar surface area (TPSA) is 49.9 Å². The Morgan fingerprint density at radius 2 is 1.44 bits per heavy atom. The van der Waals surface area contributed by atoms with Crippen LogP contribution in [0.4, 0.5) is 24.5 Å². The summed E-state index contributed by atoms with van der Waals surface area (Å²) in [5.41, 5.74) is 1.51. The van der Waals surface area contributed by atoms with E-state index in [2.05, 4.69) is 0 Å². The predicted octanol–water partition coefficient (Wildman–Crippen LogP) is 3.16. The van der Waals surface area contributed by atoms with Crippen molar-refractivity contribution in [3.8, 4) is 5.75 Å². The van der Waals surface area contributed by atoms with Gasteiger partial charge in [0.2, 0.25) is 9.84 Å². The second kappa shape index (κ2) is 7.67. The van der Waals surface area contributed by atoms with Crippen molar-refractivity contribution in [2.75, 3.05) is 43.1 Å². The van der Waals surface area contributed by atoms with Gasteiger partial charge >= 0.3 is 5.76 Å². The molecule has 27 heavy (non-hydrogen) atoms. The van der Waals surface area contributed by atoms with E-state index in [0.717, 1.165) is 11.4 Å². The van der Waals surface area contributed by atoms with Crippen molar-refractivity contribution in [3.63, 3.8) is 0 Å². The number of halogens is 3. The summed E-state index contributed by atoms with van der Waals surface area (Å²) in [5, 5.41) is 0. The molecule has 1 saturated heterocycles. The first kappa shape index (κ1) is 19.3. The van der Waals surface area contributed by atoms with E-state index in [1.807, 2.05) is 9.80 Å². The van der Waals surface area contributed by atoms with E-state index in [1.54, 1.807) is 12.1 Å². The summed E-state index contributed by atoms with van der Waals surface area (Å²) < 4.78 is 66.9. The van der Waals surface area contributed by atoms with Crippen molar-refractivity contribution in [3.05, 3.63) is 48.3 Å². The first-order chi connectivity index (χ1) is 12.8. The number of nitrogens with zero attached hydrogens (tertiary/aromatic N) is 2. The molecule has 1 aliphatic heterocycles. The van der Waals surface area contributed by atoms with Crippen molar-refractivity contribution in [1.82, 2.24) is 0 Å². The lowest BCUT2D eigenvalue weighted by atomic mass is 10.2. The van der Waals surface area contributed by atoms with Gasteiger partial charge in [-0.1, -0.05) is 0 Å². The molecule has 2 aromatic carbocycles. The molecule has 9 heteroatoms. The van der Waals surface area contributed by atoms with E-state index < -0.39 is 26.3 Å². The molecule has 1 aliphatic rings. The Labute approximate surface area is 155 Å². The van der Waals surface area contributed by atoms with Gasteiger partial charge in [0.05, 0.1) is 12.0 Å². The zero-order valence-electron chi connectivity index (χ0n) is 14.6. The normalized spacial score (nSPS) is 15.3. The van der Waals surface area contributed by atoms with Gasteiger partial charge in [0.25, 0.3) is 0 Å². The molecule has 0 saturated carbocycles. The Balaban J connectivity index is 1.66. The SMILES string of the molecule is COc1ccc(N2CCN(c3ccc(S(=O)(=O)C(F)F)cc3)CC2)cc1F. The zero-order chi connectivity index (χ0) is 19.6. The minimum atomic E-state index is -4.58. The van der Waals surface area contributed by atoms with Crippen molar-refractivity contribution in [2.24, 2.45) is 0 Å². The Kier molecular flexibility index (Phi) is 5.50. The van der Waals surface area contributed by atoms with Crippen molar-refractivity contribution in [1.29, 1.82) is 0 Å². The van der Waals surface area contributed by atoms with Gasteiger partial charge < -0.3 is 14.5 Å². The molecule has 146 valence electrons. The van der Waals surface area contributed by atoms with Crippen LogP contribution in [0.25, 0.3) is 0 Å². The molecule has 2 aromatic rings. The van der Waals surface area contributed by atoms with E-state index in [4.69, 9.17) is 4.74 Å². The minimum Gasteiger partial charge on any atom is -0.494 e. The summed E-state index contributed by atoms with van der Waals surface area (Å²) in [7, 11) is -3.17. The van der Waals surface area contributed by atoms with Gasteiger partial charge in [-0.25, -0.2) is 12.8 Å². The second-order valence-corrected chi connectivity index (χ2v) is 8.01. The highest BCUT2D eigenvalue weighted by atomic mass is 32.2. The number of hydrogen-bond donors (Lipinski definition) is 0. The first-order valence-corrected chi connectivity index (χ1v) is 9.83. The maximum atomic E-state index is 13.9. The van der Waals surface area contributed by atoms with Crippen LogP contribution in [0.3, 0.4) is 0 Å². The second-order valence-electron chi connectivity index (χ2n) is 6.09. The number of benzene rings is 2. The third-order valence-corrected chi connectivity index (χ3v) is 5.94. The molecule has 0 unspecified atom stereocenters. The molecule has 0 amide bonds. The van der Waals surface area contributed by atoms with Crippen LogP contribution >= 0.6 is 0 Å². The highest BCUT2D eigenvalue weighted by Gasteiger charge is 2.26. The molecule has 0 atom stereocenters. The van der Waals surface area contributed by atoms with Crippen LogP contribution in [-0.4, -0.2) is 47.5 Å². The van der Waals surface area contributed by atoms with Gasteiger partial charge in [0.15, 0.2) is 11.6 Å². The molecule has 0 bridgehead atoms. The Hall–Kier alpha value is -2.42. The molecule has 0 spiro atoms. The average molecular weight is 400 g/mol. The van der Waals surface area contributed by atoms with E-state index >= 15 is 0 Å². The monoisotopic (exact) mass is 400 g/mol. The highest BCUT2D eigenvalue weighted by molar-refractivity contribution is 7.91. The number of sulfone groups is 1. The summed E-state index contributed by atoms with van der Waals surface area (Å²) in [6.45, 7) is 2.55. The molecule has 1 fully saturated rings. The van der Waals surface area contributed by atoms with Gasteiger partial charge in [-0.3, -0.25) is 0 Å². The molecular formula is C18H19F3N2O3S. The number of ether oxygens (including phenoxy) is 1. The number of rotatable bonds is 5. The number of alkyl halides is 2. The molecule has 3 rings (SSSR count). The minimum absolute atomic E-state index is 0.191. The molecule has 0 radical (unpaired) electrons. The largest absolute Gasteiger partial charge is 0.494 e.